The maximum absolute atomic E-state index is 11.8. The average Bonchev–Trinajstić information content (AvgIpc) is 2.14. The Kier molecular flexibility index (Phi) is 4.75. The minimum absolute atomic E-state index is 0.122. The van der Waals surface area contributed by atoms with Crippen LogP contribution in [0.3, 0.4) is 0 Å². The van der Waals surface area contributed by atoms with Crippen molar-refractivity contribution in [2.45, 2.75) is 39.7 Å². The molecule has 0 amide bonds. The molecule has 0 unspecified atom stereocenters. The molecule has 1 atom stereocenters. The van der Waals surface area contributed by atoms with E-state index < -0.39 is 5.60 Å². The van der Waals surface area contributed by atoms with Gasteiger partial charge in [0.2, 0.25) is 0 Å². The third-order valence-corrected chi connectivity index (χ3v) is 2.73. The maximum Gasteiger partial charge on any atom is 0.309 e. The lowest BCUT2D eigenvalue weighted by Gasteiger charge is -2.22. The van der Waals surface area contributed by atoms with Gasteiger partial charge >= 0.3 is 5.97 Å². The molecule has 0 aliphatic heterocycles. The Morgan fingerprint density at radius 1 is 1.41 bits per heavy atom. The van der Waals surface area contributed by atoms with Crippen molar-refractivity contribution < 1.29 is 9.53 Å². The van der Waals surface area contributed by atoms with Crippen LogP contribution in [0, 0.1) is 5.92 Å². The standard InChI is InChI=1S/C14H19BrO2/c1-10(13(16)17-14(2,3)4)8-11-6-5-7-12(15)9-11/h5-7,9-10H,8H2,1-4H3/t10-/m0/s1. The number of benzene rings is 1. The van der Waals surface area contributed by atoms with E-state index in [-0.39, 0.29) is 11.9 Å². The second kappa shape index (κ2) is 5.67. The van der Waals surface area contributed by atoms with Gasteiger partial charge in [0.15, 0.2) is 0 Å². The van der Waals surface area contributed by atoms with Crippen molar-refractivity contribution in [1.29, 1.82) is 0 Å². The van der Waals surface area contributed by atoms with Crippen LogP contribution in [0.2, 0.25) is 0 Å². The van der Waals surface area contributed by atoms with Crippen molar-refractivity contribution in [3.63, 3.8) is 0 Å². The number of carbonyl (C=O) groups excluding carboxylic acids is 1. The second-order valence-electron chi connectivity index (χ2n) is 5.27. The molecule has 0 bridgehead atoms. The Bertz CT molecular complexity index is 393. The van der Waals surface area contributed by atoms with Gasteiger partial charge in [-0.15, -0.1) is 0 Å². The van der Waals surface area contributed by atoms with E-state index >= 15 is 0 Å². The van der Waals surface area contributed by atoms with E-state index in [9.17, 15) is 4.79 Å². The summed E-state index contributed by atoms with van der Waals surface area (Å²) in [4.78, 5) is 11.8. The number of esters is 1. The normalized spacial score (nSPS) is 13.2. The van der Waals surface area contributed by atoms with E-state index in [1.54, 1.807) is 0 Å². The first kappa shape index (κ1) is 14.2. The summed E-state index contributed by atoms with van der Waals surface area (Å²) in [6, 6.07) is 8.00. The molecule has 3 heteroatoms. The fraction of sp³-hybridized carbons (Fsp3) is 0.500. The molecule has 0 heterocycles. The molecule has 17 heavy (non-hydrogen) atoms. The fourth-order valence-corrected chi connectivity index (χ4v) is 1.95. The molecule has 0 saturated heterocycles. The highest BCUT2D eigenvalue weighted by molar-refractivity contribution is 9.10. The van der Waals surface area contributed by atoms with Crippen LogP contribution in [0.4, 0.5) is 0 Å². The van der Waals surface area contributed by atoms with Gasteiger partial charge in [-0.3, -0.25) is 4.79 Å². The van der Waals surface area contributed by atoms with Gasteiger partial charge in [0.1, 0.15) is 5.60 Å². The molecule has 1 rings (SSSR count). The van der Waals surface area contributed by atoms with Crippen molar-refractivity contribution in [2.75, 3.05) is 0 Å². The Hall–Kier alpha value is -0.830. The molecule has 0 N–H and O–H groups in total. The fourth-order valence-electron chi connectivity index (χ4n) is 1.50. The van der Waals surface area contributed by atoms with Crippen molar-refractivity contribution in [3.8, 4) is 0 Å². The van der Waals surface area contributed by atoms with Crippen LogP contribution < -0.4 is 0 Å². The lowest BCUT2D eigenvalue weighted by Crippen LogP contribution is -2.28. The summed E-state index contributed by atoms with van der Waals surface area (Å²) >= 11 is 3.42. The van der Waals surface area contributed by atoms with E-state index in [0.29, 0.717) is 6.42 Å². The predicted molar refractivity (Wildman–Crippen MR) is 72.9 cm³/mol. The minimum Gasteiger partial charge on any atom is -0.460 e. The summed E-state index contributed by atoms with van der Waals surface area (Å²) < 4.78 is 6.38. The number of hydrogen-bond donors (Lipinski definition) is 0. The summed E-state index contributed by atoms with van der Waals surface area (Å²) in [5, 5.41) is 0. The number of halogens is 1. The van der Waals surface area contributed by atoms with Gasteiger partial charge in [-0.1, -0.05) is 35.0 Å². The van der Waals surface area contributed by atoms with Gasteiger partial charge in [-0.2, -0.15) is 0 Å². The molecule has 0 aliphatic rings. The highest BCUT2D eigenvalue weighted by Crippen LogP contribution is 2.17. The molecule has 2 nitrogen and oxygen atoms in total. The van der Waals surface area contributed by atoms with Crippen molar-refractivity contribution >= 4 is 21.9 Å². The lowest BCUT2D eigenvalue weighted by atomic mass is 10.0. The van der Waals surface area contributed by atoms with E-state index in [2.05, 4.69) is 15.9 Å². The van der Waals surface area contributed by atoms with Crippen molar-refractivity contribution in [1.82, 2.24) is 0 Å². The van der Waals surface area contributed by atoms with Crippen LogP contribution in [-0.4, -0.2) is 11.6 Å². The molecular weight excluding hydrogens is 280 g/mol. The maximum atomic E-state index is 11.8. The average molecular weight is 299 g/mol. The highest BCUT2D eigenvalue weighted by Gasteiger charge is 2.21. The van der Waals surface area contributed by atoms with Crippen molar-refractivity contribution in [3.05, 3.63) is 34.3 Å². The summed E-state index contributed by atoms with van der Waals surface area (Å²) in [6.07, 6.45) is 0.703. The second-order valence-corrected chi connectivity index (χ2v) is 6.18. The van der Waals surface area contributed by atoms with E-state index in [1.165, 1.54) is 0 Å². The van der Waals surface area contributed by atoms with Crippen LogP contribution in [-0.2, 0) is 16.0 Å². The smallest absolute Gasteiger partial charge is 0.309 e. The topological polar surface area (TPSA) is 26.3 Å². The van der Waals surface area contributed by atoms with Gasteiger partial charge in [0.05, 0.1) is 5.92 Å². The largest absolute Gasteiger partial charge is 0.460 e. The van der Waals surface area contributed by atoms with Crippen LogP contribution >= 0.6 is 15.9 Å². The zero-order chi connectivity index (χ0) is 13.1. The third-order valence-electron chi connectivity index (χ3n) is 2.24. The zero-order valence-electron chi connectivity index (χ0n) is 10.8. The molecule has 1 aromatic rings. The molecule has 0 aromatic heterocycles. The zero-order valence-corrected chi connectivity index (χ0v) is 12.4. The first-order valence-electron chi connectivity index (χ1n) is 5.75. The molecule has 0 spiro atoms. The van der Waals surface area contributed by atoms with Crippen LogP contribution in [0.5, 0.6) is 0 Å². The first-order valence-corrected chi connectivity index (χ1v) is 6.54. The monoisotopic (exact) mass is 298 g/mol. The number of hydrogen-bond acceptors (Lipinski definition) is 2. The SMILES string of the molecule is C[C@@H](Cc1cccc(Br)c1)C(=O)OC(C)(C)C. The van der Waals surface area contributed by atoms with Gasteiger partial charge in [-0.25, -0.2) is 0 Å². The van der Waals surface area contributed by atoms with Gasteiger partial charge in [-0.05, 0) is 44.9 Å². The molecule has 0 aliphatic carbocycles. The summed E-state index contributed by atoms with van der Waals surface area (Å²) in [5.41, 5.74) is 0.723. The third kappa shape index (κ3) is 5.35. The van der Waals surface area contributed by atoms with Gasteiger partial charge < -0.3 is 4.74 Å². The lowest BCUT2D eigenvalue weighted by molar-refractivity contribution is -0.159. The molecular formula is C14H19BrO2. The Morgan fingerprint density at radius 3 is 2.59 bits per heavy atom. The quantitative estimate of drug-likeness (QED) is 0.789. The molecule has 94 valence electrons. The van der Waals surface area contributed by atoms with Crippen LogP contribution in [0.1, 0.15) is 33.3 Å². The Labute approximate surface area is 111 Å². The molecule has 0 saturated carbocycles. The van der Waals surface area contributed by atoms with E-state index in [1.807, 2.05) is 52.0 Å². The number of rotatable bonds is 3. The van der Waals surface area contributed by atoms with Crippen molar-refractivity contribution in [2.24, 2.45) is 5.92 Å². The van der Waals surface area contributed by atoms with E-state index in [0.717, 1.165) is 10.0 Å². The molecule has 0 radical (unpaired) electrons. The Balaban J connectivity index is 2.60. The summed E-state index contributed by atoms with van der Waals surface area (Å²) in [7, 11) is 0. The summed E-state index contributed by atoms with van der Waals surface area (Å²) in [6.45, 7) is 7.55. The first-order chi connectivity index (χ1) is 7.78. The van der Waals surface area contributed by atoms with Gasteiger partial charge in [0.25, 0.3) is 0 Å². The molecule has 0 fully saturated rings. The van der Waals surface area contributed by atoms with Crippen LogP contribution in [0.25, 0.3) is 0 Å². The predicted octanol–water partition coefficient (Wildman–Crippen LogP) is 3.97. The number of ether oxygens (including phenoxy) is 1. The van der Waals surface area contributed by atoms with Gasteiger partial charge in [0, 0.05) is 4.47 Å². The highest BCUT2D eigenvalue weighted by atomic mass is 79.9. The minimum atomic E-state index is -0.414. The van der Waals surface area contributed by atoms with Crippen LogP contribution in [0.15, 0.2) is 28.7 Å². The Morgan fingerprint density at radius 2 is 2.06 bits per heavy atom. The summed E-state index contributed by atoms with van der Waals surface area (Å²) in [5.74, 6) is -0.263. The molecule has 1 aromatic carbocycles. The number of carbonyl (C=O) groups is 1. The van der Waals surface area contributed by atoms with E-state index in [4.69, 9.17) is 4.74 Å².